The van der Waals surface area contributed by atoms with Crippen molar-refractivity contribution in [2.45, 2.75) is 25.2 Å². The molecule has 0 unspecified atom stereocenters. The van der Waals surface area contributed by atoms with Crippen LogP contribution in [0.15, 0.2) is 24.3 Å². The number of rotatable bonds is 6. The highest BCUT2D eigenvalue weighted by atomic mass is 19.1. The first-order chi connectivity index (χ1) is 10.1. The summed E-state index contributed by atoms with van der Waals surface area (Å²) in [5.41, 5.74) is 0.886. The number of likely N-dealkylation sites (tertiary alicyclic amines) is 1. The predicted octanol–water partition coefficient (Wildman–Crippen LogP) is 0.716. The molecule has 2 atom stereocenters. The molecular weight excluding hydrogens is 275 g/mol. The highest BCUT2D eigenvalue weighted by Crippen LogP contribution is 2.20. The lowest BCUT2D eigenvalue weighted by Crippen LogP contribution is -2.41. The zero-order chi connectivity index (χ0) is 15.2. The standard InChI is InChI=1S/C15H21FN2O3/c1-21-14-5-3-2-4-11(14)7-17-15(20)9-18-8-12(16)6-13(18)10-19/h2-5,12-13,19H,6-10H2,1H3,(H,17,20)/t12-,13-/m0/s1. The van der Waals surface area contributed by atoms with Gasteiger partial charge in [0, 0.05) is 24.7 Å². The lowest BCUT2D eigenvalue weighted by atomic mass is 10.2. The molecule has 0 radical (unpaired) electrons. The molecule has 1 fully saturated rings. The molecule has 116 valence electrons. The van der Waals surface area contributed by atoms with Crippen LogP contribution in [0.4, 0.5) is 4.39 Å². The first-order valence-corrected chi connectivity index (χ1v) is 7.01. The van der Waals surface area contributed by atoms with Crippen LogP contribution in [0.25, 0.3) is 0 Å². The number of aliphatic hydroxyl groups is 1. The number of hydrogen-bond acceptors (Lipinski definition) is 4. The van der Waals surface area contributed by atoms with Gasteiger partial charge in [-0.1, -0.05) is 18.2 Å². The molecule has 1 amide bonds. The Morgan fingerprint density at radius 3 is 3.00 bits per heavy atom. The zero-order valence-corrected chi connectivity index (χ0v) is 12.1. The summed E-state index contributed by atoms with van der Waals surface area (Å²) in [6.45, 7) is 0.536. The number of carbonyl (C=O) groups excluding carboxylic acids is 1. The molecular formula is C15H21FN2O3. The molecule has 1 saturated heterocycles. The Bertz CT molecular complexity index is 484. The van der Waals surface area contributed by atoms with E-state index in [4.69, 9.17) is 4.74 Å². The van der Waals surface area contributed by atoms with E-state index in [9.17, 15) is 14.3 Å². The molecule has 6 heteroatoms. The number of nitrogens with zero attached hydrogens (tertiary/aromatic N) is 1. The van der Waals surface area contributed by atoms with Crippen LogP contribution < -0.4 is 10.1 Å². The highest BCUT2D eigenvalue weighted by Gasteiger charge is 2.32. The number of nitrogens with one attached hydrogen (secondary N) is 1. The van der Waals surface area contributed by atoms with Crippen molar-refractivity contribution in [2.75, 3.05) is 26.8 Å². The van der Waals surface area contributed by atoms with Crippen LogP contribution in [0, 0.1) is 0 Å². The van der Waals surface area contributed by atoms with E-state index >= 15 is 0 Å². The number of carbonyl (C=O) groups is 1. The highest BCUT2D eigenvalue weighted by molar-refractivity contribution is 5.78. The van der Waals surface area contributed by atoms with Crippen molar-refractivity contribution in [3.8, 4) is 5.75 Å². The first kappa shape index (κ1) is 15.7. The van der Waals surface area contributed by atoms with Crippen LogP contribution in [0.2, 0.25) is 0 Å². The average molecular weight is 296 g/mol. The van der Waals surface area contributed by atoms with Crippen LogP contribution in [0.5, 0.6) is 5.75 Å². The van der Waals surface area contributed by atoms with Crippen LogP contribution in [0.1, 0.15) is 12.0 Å². The van der Waals surface area contributed by atoms with Gasteiger partial charge in [0.05, 0.1) is 20.3 Å². The van der Waals surface area contributed by atoms with Gasteiger partial charge in [0.2, 0.25) is 5.91 Å². The van der Waals surface area contributed by atoms with E-state index in [0.717, 1.165) is 11.3 Å². The number of halogens is 1. The molecule has 0 aromatic heterocycles. The second-order valence-corrected chi connectivity index (χ2v) is 5.19. The van der Waals surface area contributed by atoms with E-state index in [0.29, 0.717) is 6.54 Å². The van der Waals surface area contributed by atoms with Crippen molar-refractivity contribution < 1.29 is 19.0 Å². The number of hydrogen-bond donors (Lipinski definition) is 2. The van der Waals surface area contributed by atoms with Crippen molar-refractivity contribution in [3.63, 3.8) is 0 Å². The van der Waals surface area contributed by atoms with Gasteiger partial charge in [0.25, 0.3) is 0 Å². The number of para-hydroxylation sites is 1. The van der Waals surface area contributed by atoms with Gasteiger partial charge in [0.1, 0.15) is 11.9 Å². The maximum atomic E-state index is 13.3. The molecule has 1 heterocycles. The second-order valence-electron chi connectivity index (χ2n) is 5.19. The van der Waals surface area contributed by atoms with Crippen molar-refractivity contribution in [3.05, 3.63) is 29.8 Å². The smallest absolute Gasteiger partial charge is 0.234 e. The number of alkyl halides is 1. The zero-order valence-electron chi connectivity index (χ0n) is 12.1. The Labute approximate surface area is 123 Å². The third-order valence-corrected chi connectivity index (χ3v) is 3.70. The fraction of sp³-hybridized carbons (Fsp3) is 0.533. The Kier molecular flexibility index (Phi) is 5.52. The summed E-state index contributed by atoms with van der Waals surface area (Å²) in [7, 11) is 1.58. The largest absolute Gasteiger partial charge is 0.496 e. The first-order valence-electron chi connectivity index (χ1n) is 7.01. The summed E-state index contributed by atoms with van der Waals surface area (Å²) in [5, 5.41) is 12.0. The molecule has 0 saturated carbocycles. The van der Waals surface area contributed by atoms with Crippen molar-refractivity contribution in [2.24, 2.45) is 0 Å². The van der Waals surface area contributed by atoms with Gasteiger partial charge >= 0.3 is 0 Å². The third-order valence-electron chi connectivity index (χ3n) is 3.70. The summed E-state index contributed by atoms with van der Waals surface area (Å²) < 4.78 is 18.5. The SMILES string of the molecule is COc1ccccc1CNC(=O)CN1C[C@@H](F)C[C@H]1CO. The number of benzene rings is 1. The molecule has 2 N–H and O–H groups in total. The minimum absolute atomic E-state index is 0.0980. The normalized spacial score (nSPS) is 22.2. The van der Waals surface area contributed by atoms with E-state index < -0.39 is 6.17 Å². The Morgan fingerprint density at radius 2 is 2.29 bits per heavy atom. The van der Waals surface area contributed by atoms with E-state index in [2.05, 4.69) is 5.32 Å². The monoisotopic (exact) mass is 296 g/mol. The van der Waals surface area contributed by atoms with E-state index in [1.807, 2.05) is 24.3 Å². The van der Waals surface area contributed by atoms with Crippen LogP contribution >= 0.6 is 0 Å². The Morgan fingerprint density at radius 1 is 1.52 bits per heavy atom. The maximum absolute atomic E-state index is 13.3. The quantitative estimate of drug-likeness (QED) is 0.812. The molecule has 1 aliphatic rings. The van der Waals surface area contributed by atoms with E-state index in [1.165, 1.54) is 0 Å². The average Bonchev–Trinajstić information content (AvgIpc) is 2.85. The minimum atomic E-state index is -0.968. The van der Waals surface area contributed by atoms with Gasteiger partial charge in [-0.3, -0.25) is 9.69 Å². The fourth-order valence-corrected chi connectivity index (χ4v) is 2.59. The van der Waals surface area contributed by atoms with Crippen LogP contribution in [-0.2, 0) is 11.3 Å². The van der Waals surface area contributed by atoms with Gasteiger partial charge in [-0.25, -0.2) is 4.39 Å². The van der Waals surface area contributed by atoms with Crippen molar-refractivity contribution >= 4 is 5.91 Å². The summed E-state index contributed by atoms with van der Waals surface area (Å²) in [6, 6.07) is 7.18. The molecule has 0 spiro atoms. The molecule has 5 nitrogen and oxygen atoms in total. The number of ether oxygens (including phenoxy) is 1. The minimum Gasteiger partial charge on any atom is -0.496 e. The van der Waals surface area contributed by atoms with E-state index in [1.54, 1.807) is 12.0 Å². The number of aliphatic hydroxyl groups excluding tert-OH is 1. The second kappa shape index (κ2) is 7.38. The third kappa shape index (κ3) is 4.15. The lowest BCUT2D eigenvalue weighted by molar-refractivity contribution is -0.122. The van der Waals surface area contributed by atoms with E-state index in [-0.39, 0.29) is 38.1 Å². The van der Waals surface area contributed by atoms with Gasteiger partial charge in [-0.2, -0.15) is 0 Å². The number of amides is 1. The lowest BCUT2D eigenvalue weighted by Gasteiger charge is -2.21. The summed E-state index contributed by atoms with van der Waals surface area (Å²) in [4.78, 5) is 13.6. The van der Waals surface area contributed by atoms with Crippen molar-refractivity contribution in [1.29, 1.82) is 0 Å². The molecule has 21 heavy (non-hydrogen) atoms. The predicted molar refractivity (Wildman–Crippen MR) is 76.8 cm³/mol. The molecule has 1 aliphatic heterocycles. The summed E-state index contributed by atoms with van der Waals surface area (Å²) >= 11 is 0. The van der Waals surface area contributed by atoms with Gasteiger partial charge in [-0.15, -0.1) is 0 Å². The Balaban J connectivity index is 1.85. The fourth-order valence-electron chi connectivity index (χ4n) is 2.59. The van der Waals surface area contributed by atoms with Crippen molar-refractivity contribution in [1.82, 2.24) is 10.2 Å². The molecule has 0 aliphatic carbocycles. The van der Waals surface area contributed by atoms with Gasteiger partial charge < -0.3 is 15.2 Å². The topological polar surface area (TPSA) is 61.8 Å². The Hall–Kier alpha value is -1.66. The molecule has 0 bridgehead atoms. The summed E-state index contributed by atoms with van der Waals surface area (Å²) in [6.07, 6.45) is -0.680. The summed E-state index contributed by atoms with van der Waals surface area (Å²) in [5.74, 6) is 0.532. The number of methoxy groups -OCH3 is 1. The van der Waals surface area contributed by atoms with Crippen LogP contribution in [0.3, 0.4) is 0 Å². The molecule has 2 rings (SSSR count). The van der Waals surface area contributed by atoms with Gasteiger partial charge in [-0.05, 0) is 12.5 Å². The van der Waals surface area contributed by atoms with Crippen LogP contribution in [-0.4, -0.2) is 54.9 Å². The molecule has 1 aromatic rings. The van der Waals surface area contributed by atoms with Gasteiger partial charge in [0.15, 0.2) is 0 Å². The maximum Gasteiger partial charge on any atom is 0.234 e. The molecule has 1 aromatic carbocycles.